The summed E-state index contributed by atoms with van der Waals surface area (Å²) in [7, 11) is -2.38. The fourth-order valence-corrected chi connectivity index (χ4v) is 3.66. The van der Waals surface area contributed by atoms with E-state index in [-0.39, 0.29) is 5.75 Å². The van der Waals surface area contributed by atoms with Crippen molar-refractivity contribution >= 4 is 27.6 Å². The monoisotopic (exact) mass is 319 g/mol. The van der Waals surface area contributed by atoms with Crippen molar-refractivity contribution < 1.29 is 17.9 Å². The smallest absolute Gasteiger partial charge is 0.309 e. The minimum atomic E-state index is -3.61. The summed E-state index contributed by atoms with van der Waals surface area (Å²) in [4.78, 5) is 11.3. The summed E-state index contributed by atoms with van der Waals surface area (Å²) in [6, 6.07) is 6.52. The molecule has 0 fully saturated rings. The van der Waals surface area contributed by atoms with Crippen LogP contribution in [-0.4, -0.2) is 27.2 Å². The van der Waals surface area contributed by atoms with Gasteiger partial charge in [0, 0.05) is 11.1 Å². The molecular formula is C13H18ClNO4S. The quantitative estimate of drug-likeness (QED) is 0.815. The van der Waals surface area contributed by atoms with E-state index in [1.807, 2.05) is 0 Å². The van der Waals surface area contributed by atoms with E-state index in [1.165, 1.54) is 14.0 Å². The Labute approximate surface area is 124 Å². The van der Waals surface area contributed by atoms with Gasteiger partial charge in [0.25, 0.3) is 0 Å². The van der Waals surface area contributed by atoms with Crippen molar-refractivity contribution in [3.63, 3.8) is 0 Å². The summed E-state index contributed by atoms with van der Waals surface area (Å²) in [6.07, 6.45) is 0. The van der Waals surface area contributed by atoms with Gasteiger partial charge in [-0.3, -0.25) is 4.79 Å². The molecule has 1 aromatic carbocycles. The Morgan fingerprint density at radius 1 is 1.35 bits per heavy atom. The third-order valence-corrected chi connectivity index (χ3v) is 4.80. The summed E-state index contributed by atoms with van der Waals surface area (Å²) in [5.41, 5.74) is 0.684. The van der Waals surface area contributed by atoms with Gasteiger partial charge in [-0.2, -0.15) is 0 Å². The Morgan fingerprint density at radius 2 is 1.95 bits per heavy atom. The molecule has 0 bridgehead atoms. The zero-order chi connectivity index (χ0) is 15.3. The van der Waals surface area contributed by atoms with Crippen LogP contribution >= 0.6 is 11.6 Å². The van der Waals surface area contributed by atoms with Crippen LogP contribution in [0.3, 0.4) is 0 Å². The molecule has 1 aromatic rings. The first-order chi connectivity index (χ1) is 9.26. The van der Waals surface area contributed by atoms with Crippen LogP contribution in [0.5, 0.6) is 0 Å². The second-order valence-electron chi connectivity index (χ2n) is 4.57. The van der Waals surface area contributed by atoms with Crippen LogP contribution < -0.4 is 4.72 Å². The van der Waals surface area contributed by atoms with Gasteiger partial charge in [-0.1, -0.05) is 36.7 Å². The minimum absolute atomic E-state index is 0.325. The molecule has 2 atom stereocenters. The maximum absolute atomic E-state index is 12.0. The maximum atomic E-state index is 12.0. The molecule has 0 heterocycles. The largest absolute Gasteiger partial charge is 0.469 e. The van der Waals surface area contributed by atoms with E-state index >= 15 is 0 Å². The fraction of sp³-hybridized carbons (Fsp3) is 0.462. The van der Waals surface area contributed by atoms with E-state index in [0.717, 1.165) is 0 Å². The molecule has 0 aromatic heterocycles. The Morgan fingerprint density at radius 3 is 2.50 bits per heavy atom. The molecule has 0 saturated carbocycles. The average molecular weight is 320 g/mol. The predicted octanol–water partition coefficient (Wildman–Crippen LogP) is 2.13. The first-order valence-electron chi connectivity index (χ1n) is 6.09. The van der Waals surface area contributed by atoms with E-state index < -0.39 is 28.0 Å². The van der Waals surface area contributed by atoms with Crippen LogP contribution in [0.1, 0.15) is 25.5 Å². The van der Waals surface area contributed by atoms with Gasteiger partial charge >= 0.3 is 5.97 Å². The number of nitrogens with one attached hydrogen (secondary N) is 1. The highest BCUT2D eigenvalue weighted by molar-refractivity contribution is 7.89. The Hall–Kier alpha value is -1.11. The second kappa shape index (κ2) is 7.06. The number of benzene rings is 1. The van der Waals surface area contributed by atoms with Crippen LogP contribution in [0.15, 0.2) is 24.3 Å². The molecule has 20 heavy (non-hydrogen) atoms. The minimum Gasteiger partial charge on any atom is -0.469 e. The lowest BCUT2D eigenvalue weighted by molar-refractivity contribution is -0.144. The van der Waals surface area contributed by atoms with Crippen LogP contribution in [-0.2, 0) is 19.6 Å². The molecule has 112 valence electrons. The van der Waals surface area contributed by atoms with Crippen molar-refractivity contribution in [1.82, 2.24) is 4.72 Å². The first-order valence-corrected chi connectivity index (χ1v) is 8.12. The third kappa shape index (κ3) is 4.77. The molecule has 1 N–H and O–H groups in total. The molecule has 0 aliphatic rings. The number of carbonyl (C=O) groups is 1. The van der Waals surface area contributed by atoms with Gasteiger partial charge < -0.3 is 4.74 Å². The predicted molar refractivity (Wildman–Crippen MR) is 78.0 cm³/mol. The number of esters is 1. The van der Waals surface area contributed by atoms with E-state index in [1.54, 1.807) is 31.2 Å². The van der Waals surface area contributed by atoms with Crippen molar-refractivity contribution in [3.8, 4) is 0 Å². The normalized spacial score (nSPS) is 14.6. The number of hydrogen-bond acceptors (Lipinski definition) is 4. The first kappa shape index (κ1) is 16.9. The molecule has 5 nitrogen and oxygen atoms in total. The molecule has 7 heteroatoms. The number of carbonyl (C=O) groups excluding carboxylic acids is 1. The molecular weight excluding hydrogens is 302 g/mol. The second-order valence-corrected chi connectivity index (χ2v) is 6.77. The standard InChI is InChI=1S/C13H18ClNO4S/c1-9(13(16)19-3)8-20(17,18)15-10(2)11-6-4-5-7-12(11)14/h4-7,9-10,15H,8H2,1-3H3/t9?,10-/m1/s1. The number of hydrogen-bond donors (Lipinski definition) is 1. The topological polar surface area (TPSA) is 72.5 Å². The lowest BCUT2D eigenvalue weighted by Crippen LogP contribution is -2.33. The summed E-state index contributed by atoms with van der Waals surface area (Å²) in [6.45, 7) is 3.20. The molecule has 1 unspecified atom stereocenters. The van der Waals surface area contributed by atoms with Crippen LogP contribution in [0, 0.1) is 5.92 Å². The molecule has 0 amide bonds. The van der Waals surface area contributed by atoms with Crippen LogP contribution in [0.2, 0.25) is 5.02 Å². The highest BCUT2D eigenvalue weighted by atomic mass is 35.5. The Bertz CT molecular complexity index is 573. The average Bonchev–Trinajstić information content (AvgIpc) is 2.36. The zero-order valence-electron chi connectivity index (χ0n) is 11.6. The number of halogens is 1. The highest BCUT2D eigenvalue weighted by Crippen LogP contribution is 2.23. The summed E-state index contributed by atoms with van der Waals surface area (Å²) in [5, 5.41) is 0.490. The van der Waals surface area contributed by atoms with E-state index in [0.29, 0.717) is 10.6 Å². The van der Waals surface area contributed by atoms with E-state index in [2.05, 4.69) is 9.46 Å². The zero-order valence-corrected chi connectivity index (χ0v) is 13.2. The Kier molecular flexibility index (Phi) is 5.98. The van der Waals surface area contributed by atoms with Crippen molar-refractivity contribution in [2.24, 2.45) is 5.92 Å². The highest BCUT2D eigenvalue weighted by Gasteiger charge is 2.24. The van der Waals surface area contributed by atoms with Crippen LogP contribution in [0.25, 0.3) is 0 Å². The molecule has 0 spiro atoms. The molecule has 1 rings (SSSR count). The van der Waals surface area contributed by atoms with Crippen LogP contribution in [0.4, 0.5) is 0 Å². The van der Waals surface area contributed by atoms with Gasteiger partial charge in [-0.05, 0) is 18.6 Å². The van der Waals surface area contributed by atoms with Gasteiger partial charge in [0.05, 0.1) is 18.8 Å². The Balaban J connectivity index is 2.76. The lowest BCUT2D eigenvalue weighted by Gasteiger charge is -2.17. The molecule has 0 saturated heterocycles. The summed E-state index contributed by atoms with van der Waals surface area (Å²) >= 11 is 6.02. The summed E-state index contributed by atoms with van der Waals surface area (Å²) in [5.74, 6) is -1.61. The van der Waals surface area contributed by atoms with Crippen molar-refractivity contribution in [1.29, 1.82) is 0 Å². The van der Waals surface area contributed by atoms with Gasteiger partial charge in [0.1, 0.15) is 0 Å². The summed E-state index contributed by atoms with van der Waals surface area (Å²) < 4.78 is 31.0. The van der Waals surface area contributed by atoms with Crippen molar-refractivity contribution in [2.75, 3.05) is 12.9 Å². The van der Waals surface area contributed by atoms with Gasteiger partial charge in [-0.25, -0.2) is 13.1 Å². The van der Waals surface area contributed by atoms with Gasteiger partial charge in [0.2, 0.25) is 10.0 Å². The SMILES string of the molecule is COC(=O)C(C)CS(=O)(=O)N[C@H](C)c1ccccc1Cl. The van der Waals surface area contributed by atoms with Crippen molar-refractivity contribution in [3.05, 3.63) is 34.9 Å². The van der Waals surface area contributed by atoms with E-state index in [4.69, 9.17) is 11.6 Å². The maximum Gasteiger partial charge on any atom is 0.309 e. The lowest BCUT2D eigenvalue weighted by atomic mass is 10.1. The van der Waals surface area contributed by atoms with Crippen molar-refractivity contribution in [2.45, 2.75) is 19.9 Å². The van der Waals surface area contributed by atoms with Gasteiger partial charge in [-0.15, -0.1) is 0 Å². The number of rotatable bonds is 6. The third-order valence-electron chi connectivity index (χ3n) is 2.80. The fourth-order valence-electron chi connectivity index (χ4n) is 1.81. The molecule has 0 radical (unpaired) electrons. The number of ether oxygens (including phenoxy) is 1. The van der Waals surface area contributed by atoms with E-state index in [9.17, 15) is 13.2 Å². The number of methoxy groups -OCH3 is 1. The molecule has 0 aliphatic carbocycles. The van der Waals surface area contributed by atoms with Gasteiger partial charge in [0.15, 0.2) is 0 Å². The molecule has 0 aliphatic heterocycles. The number of sulfonamides is 1.